The molecule has 0 unspecified atom stereocenters. The molecular formula is C19H19N3O2S. The molecule has 0 aliphatic heterocycles. The van der Waals surface area contributed by atoms with Crippen molar-refractivity contribution in [3.63, 3.8) is 0 Å². The van der Waals surface area contributed by atoms with Gasteiger partial charge >= 0.3 is 0 Å². The van der Waals surface area contributed by atoms with Crippen molar-refractivity contribution in [1.82, 2.24) is 9.78 Å². The molecule has 0 aliphatic rings. The van der Waals surface area contributed by atoms with Gasteiger partial charge in [-0.3, -0.25) is 13.7 Å². The lowest BCUT2D eigenvalue weighted by Crippen LogP contribution is -2.12. The van der Waals surface area contributed by atoms with Crippen LogP contribution >= 0.6 is 0 Å². The first-order valence-corrected chi connectivity index (χ1v) is 9.59. The molecule has 3 rings (SSSR count). The van der Waals surface area contributed by atoms with Gasteiger partial charge in [0, 0.05) is 34.6 Å². The highest BCUT2D eigenvalue weighted by molar-refractivity contribution is 7.83. The van der Waals surface area contributed by atoms with Crippen LogP contribution in [-0.2, 0) is 23.1 Å². The Kier molecular flexibility index (Phi) is 5.40. The quantitative estimate of drug-likeness (QED) is 0.741. The Morgan fingerprint density at radius 1 is 1.12 bits per heavy atom. The minimum absolute atomic E-state index is 0.206. The van der Waals surface area contributed by atoms with E-state index in [1.165, 1.54) is 0 Å². The Bertz CT molecular complexity index is 890. The fourth-order valence-corrected chi connectivity index (χ4v) is 3.17. The molecule has 6 heteroatoms. The third kappa shape index (κ3) is 4.87. The zero-order chi connectivity index (χ0) is 17.6. The number of nitrogens with one attached hydrogen (secondary N) is 1. The second-order valence-corrected chi connectivity index (χ2v) is 7.22. The maximum Gasteiger partial charge on any atom is 0.255 e. The van der Waals surface area contributed by atoms with Gasteiger partial charge in [-0.2, -0.15) is 5.10 Å². The molecule has 1 heterocycles. The summed E-state index contributed by atoms with van der Waals surface area (Å²) in [6.45, 7) is 0.647. The highest BCUT2D eigenvalue weighted by Gasteiger charge is 2.09. The number of benzene rings is 2. The van der Waals surface area contributed by atoms with Crippen LogP contribution in [0.25, 0.3) is 0 Å². The summed E-state index contributed by atoms with van der Waals surface area (Å²) in [6, 6.07) is 17.2. The maximum atomic E-state index is 12.4. The number of amides is 1. The first-order chi connectivity index (χ1) is 12.1. The first-order valence-electron chi connectivity index (χ1n) is 7.87. The third-order valence-corrected chi connectivity index (χ3v) is 4.38. The Hall–Kier alpha value is -2.73. The van der Waals surface area contributed by atoms with Crippen LogP contribution in [0.5, 0.6) is 0 Å². The second-order valence-electron chi connectivity index (χ2n) is 5.78. The van der Waals surface area contributed by atoms with E-state index in [1.807, 2.05) is 36.4 Å². The third-order valence-electron chi connectivity index (χ3n) is 3.64. The molecule has 0 saturated carbocycles. The molecule has 3 aromatic rings. The SMILES string of the molecule is C[S@](=O)Cc1cccc(C(=O)Nc2cnn(Cc3ccccc3)c2)c1. The van der Waals surface area contributed by atoms with Crippen LogP contribution in [0.4, 0.5) is 5.69 Å². The Morgan fingerprint density at radius 3 is 2.64 bits per heavy atom. The number of carbonyl (C=O) groups is 1. The molecule has 2 aromatic carbocycles. The van der Waals surface area contributed by atoms with Crippen LogP contribution in [-0.4, -0.2) is 26.2 Å². The largest absolute Gasteiger partial charge is 0.319 e. The predicted molar refractivity (Wildman–Crippen MR) is 99.9 cm³/mol. The highest BCUT2D eigenvalue weighted by Crippen LogP contribution is 2.12. The van der Waals surface area contributed by atoms with E-state index >= 15 is 0 Å². The molecule has 0 saturated heterocycles. The summed E-state index contributed by atoms with van der Waals surface area (Å²) in [5, 5.41) is 7.12. The number of hydrogen-bond donors (Lipinski definition) is 1. The van der Waals surface area contributed by atoms with E-state index in [0.717, 1.165) is 11.1 Å². The minimum atomic E-state index is -0.937. The number of rotatable bonds is 6. The van der Waals surface area contributed by atoms with Crippen LogP contribution < -0.4 is 5.32 Å². The van der Waals surface area contributed by atoms with Crippen LogP contribution in [0.15, 0.2) is 67.0 Å². The molecule has 128 valence electrons. The van der Waals surface area contributed by atoms with E-state index in [0.29, 0.717) is 23.5 Å². The van der Waals surface area contributed by atoms with Gasteiger partial charge in [-0.1, -0.05) is 42.5 Å². The number of anilines is 1. The summed E-state index contributed by atoms with van der Waals surface area (Å²) < 4.78 is 13.1. The van der Waals surface area contributed by atoms with Crippen molar-refractivity contribution < 1.29 is 9.00 Å². The molecule has 1 aromatic heterocycles. The van der Waals surface area contributed by atoms with Gasteiger partial charge in [-0.25, -0.2) is 0 Å². The van der Waals surface area contributed by atoms with E-state index in [1.54, 1.807) is 41.5 Å². The average Bonchev–Trinajstić information content (AvgIpc) is 3.02. The molecular weight excluding hydrogens is 334 g/mol. The molecule has 0 fully saturated rings. The monoisotopic (exact) mass is 353 g/mol. The summed E-state index contributed by atoms with van der Waals surface area (Å²) in [7, 11) is -0.937. The van der Waals surface area contributed by atoms with Crippen LogP contribution in [0, 0.1) is 0 Å². The summed E-state index contributed by atoms with van der Waals surface area (Å²) >= 11 is 0. The number of aromatic nitrogens is 2. The van der Waals surface area contributed by atoms with Crippen molar-refractivity contribution in [2.45, 2.75) is 12.3 Å². The summed E-state index contributed by atoms with van der Waals surface area (Å²) in [4.78, 5) is 12.4. The summed E-state index contributed by atoms with van der Waals surface area (Å²) in [5.74, 6) is 0.235. The molecule has 25 heavy (non-hydrogen) atoms. The number of hydrogen-bond acceptors (Lipinski definition) is 3. The van der Waals surface area contributed by atoms with E-state index in [9.17, 15) is 9.00 Å². The van der Waals surface area contributed by atoms with Crippen molar-refractivity contribution in [3.05, 3.63) is 83.7 Å². The van der Waals surface area contributed by atoms with Crippen LogP contribution in [0.1, 0.15) is 21.5 Å². The van der Waals surface area contributed by atoms with Crippen molar-refractivity contribution in [1.29, 1.82) is 0 Å². The van der Waals surface area contributed by atoms with Gasteiger partial charge < -0.3 is 5.32 Å². The van der Waals surface area contributed by atoms with Gasteiger partial charge in [0.1, 0.15) is 0 Å². The first kappa shape index (κ1) is 17.1. The van der Waals surface area contributed by atoms with Crippen molar-refractivity contribution in [3.8, 4) is 0 Å². The van der Waals surface area contributed by atoms with Crippen molar-refractivity contribution in [2.75, 3.05) is 11.6 Å². The Morgan fingerprint density at radius 2 is 1.88 bits per heavy atom. The molecule has 0 bridgehead atoms. The number of nitrogens with zero attached hydrogens (tertiary/aromatic N) is 2. The summed E-state index contributed by atoms with van der Waals surface area (Å²) in [5.41, 5.74) is 3.21. The molecule has 0 radical (unpaired) electrons. The number of carbonyl (C=O) groups excluding carboxylic acids is 1. The smallest absolute Gasteiger partial charge is 0.255 e. The Balaban J connectivity index is 1.66. The Labute approximate surface area is 149 Å². The van der Waals surface area contributed by atoms with Crippen molar-refractivity contribution >= 4 is 22.4 Å². The molecule has 5 nitrogen and oxygen atoms in total. The van der Waals surface area contributed by atoms with Crippen LogP contribution in [0.3, 0.4) is 0 Å². The van der Waals surface area contributed by atoms with E-state index in [-0.39, 0.29) is 5.91 Å². The van der Waals surface area contributed by atoms with E-state index in [2.05, 4.69) is 10.4 Å². The van der Waals surface area contributed by atoms with Crippen LogP contribution in [0.2, 0.25) is 0 Å². The maximum absolute atomic E-state index is 12.4. The lowest BCUT2D eigenvalue weighted by molar-refractivity contribution is 0.102. The van der Waals surface area contributed by atoms with Gasteiger partial charge in [0.05, 0.1) is 18.4 Å². The molecule has 1 N–H and O–H groups in total. The van der Waals surface area contributed by atoms with E-state index < -0.39 is 10.8 Å². The van der Waals surface area contributed by atoms with Gasteiger partial charge in [0.2, 0.25) is 0 Å². The zero-order valence-corrected chi connectivity index (χ0v) is 14.7. The van der Waals surface area contributed by atoms with Gasteiger partial charge in [-0.05, 0) is 23.3 Å². The summed E-state index contributed by atoms with van der Waals surface area (Å²) in [6.07, 6.45) is 5.08. The van der Waals surface area contributed by atoms with Gasteiger partial charge in [-0.15, -0.1) is 0 Å². The molecule has 0 aliphatic carbocycles. The minimum Gasteiger partial charge on any atom is -0.319 e. The average molecular weight is 353 g/mol. The standard InChI is InChI=1S/C19H19N3O2S/c1-25(24)14-16-8-5-9-17(10-16)19(23)21-18-11-20-22(13-18)12-15-6-3-2-4-7-15/h2-11,13H,12,14H2,1H3,(H,21,23)/t25-/m0/s1. The van der Waals surface area contributed by atoms with E-state index in [4.69, 9.17) is 0 Å². The normalized spacial score (nSPS) is 11.9. The topological polar surface area (TPSA) is 64.0 Å². The zero-order valence-electron chi connectivity index (χ0n) is 13.9. The predicted octanol–water partition coefficient (Wildman–Crippen LogP) is 3.06. The lowest BCUT2D eigenvalue weighted by atomic mass is 10.1. The fourth-order valence-electron chi connectivity index (χ4n) is 2.53. The fraction of sp³-hybridized carbons (Fsp3) is 0.158. The molecule has 1 amide bonds. The molecule has 0 spiro atoms. The lowest BCUT2D eigenvalue weighted by Gasteiger charge is -2.05. The van der Waals surface area contributed by atoms with Crippen molar-refractivity contribution in [2.24, 2.45) is 0 Å². The molecule has 1 atom stereocenters. The van der Waals surface area contributed by atoms with Gasteiger partial charge in [0.15, 0.2) is 0 Å². The van der Waals surface area contributed by atoms with Gasteiger partial charge in [0.25, 0.3) is 5.91 Å². The highest BCUT2D eigenvalue weighted by atomic mass is 32.2. The second kappa shape index (κ2) is 7.90.